The summed E-state index contributed by atoms with van der Waals surface area (Å²) in [5.74, 6) is 1.80. The number of rotatable bonds is 2. The molecule has 0 aromatic heterocycles. The Bertz CT molecular complexity index is 151. The first-order chi connectivity index (χ1) is 6.27. The second-order valence-electron chi connectivity index (χ2n) is 5.21. The van der Waals surface area contributed by atoms with Gasteiger partial charge in [0, 0.05) is 12.1 Å². The normalized spacial score (nSPS) is 41.5. The molecule has 0 heterocycles. The van der Waals surface area contributed by atoms with Crippen molar-refractivity contribution in [1.82, 2.24) is 5.32 Å². The van der Waals surface area contributed by atoms with Gasteiger partial charge in [0.1, 0.15) is 0 Å². The van der Waals surface area contributed by atoms with E-state index in [9.17, 15) is 0 Å². The van der Waals surface area contributed by atoms with Gasteiger partial charge in [-0.05, 0) is 37.5 Å². The Balaban J connectivity index is 1.91. The summed E-state index contributed by atoms with van der Waals surface area (Å²) in [6.45, 7) is 4.86. The summed E-state index contributed by atoms with van der Waals surface area (Å²) in [5, 5.41) is 3.83. The second-order valence-corrected chi connectivity index (χ2v) is 5.21. The Morgan fingerprint density at radius 2 is 1.38 bits per heavy atom. The van der Waals surface area contributed by atoms with Crippen molar-refractivity contribution < 1.29 is 0 Å². The van der Waals surface area contributed by atoms with Crippen molar-refractivity contribution >= 4 is 0 Å². The molecule has 1 N–H and O–H groups in total. The quantitative estimate of drug-likeness (QED) is 0.646. The van der Waals surface area contributed by atoms with Gasteiger partial charge in [-0.2, -0.15) is 0 Å². The molecule has 1 heteroatoms. The van der Waals surface area contributed by atoms with Gasteiger partial charge in [0.05, 0.1) is 0 Å². The number of hydrogen-bond acceptors (Lipinski definition) is 1. The zero-order valence-corrected chi connectivity index (χ0v) is 9.05. The second kappa shape index (κ2) is 4.00. The minimum absolute atomic E-state index is 0.815. The number of hydrogen-bond donors (Lipinski definition) is 1. The monoisotopic (exact) mass is 181 g/mol. The molecule has 0 radical (unpaired) electrons. The fourth-order valence-electron chi connectivity index (χ4n) is 2.70. The summed E-state index contributed by atoms with van der Waals surface area (Å²) < 4.78 is 0. The van der Waals surface area contributed by atoms with Gasteiger partial charge < -0.3 is 5.32 Å². The maximum absolute atomic E-state index is 3.83. The molecule has 0 amide bonds. The molecule has 2 aliphatic carbocycles. The Morgan fingerprint density at radius 1 is 0.846 bits per heavy atom. The van der Waals surface area contributed by atoms with Gasteiger partial charge in [-0.1, -0.05) is 26.7 Å². The highest BCUT2D eigenvalue weighted by Gasteiger charge is 2.31. The molecule has 2 saturated carbocycles. The lowest BCUT2D eigenvalue weighted by molar-refractivity contribution is 0.285. The molecule has 76 valence electrons. The molecule has 2 rings (SSSR count). The fourth-order valence-corrected chi connectivity index (χ4v) is 2.70. The van der Waals surface area contributed by atoms with E-state index >= 15 is 0 Å². The van der Waals surface area contributed by atoms with Gasteiger partial charge in [-0.15, -0.1) is 0 Å². The lowest BCUT2D eigenvalue weighted by atomic mass is 9.89. The lowest BCUT2D eigenvalue weighted by Gasteiger charge is -2.28. The Labute approximate surface area is 82.3 Å². The highest BCUT2D eigenvalue weighted by Crippen LogP contribution is 2.30. The average molecular weight is 181 g/mol. The van der Waals surface area contributed by atoms with Crippen LogP contribution in [0.5, 0.6) is 0 Å². The van der Waals surface area contributed by atoms with E-state index in [2.05, 4.69) is 19.2 Å². The van der Waals surface area contributed by atoms with Crippen molar-refractivity contribution in [3.8, 4) is 0 Å². The molecule has 2 fully saturated rings. The summed E-state index contributed by atoms with van der Waals surface area (Å²) in [4.78, 5) is 0. The van der Waals surface area contributed by atoms with Crippen LogP contribution in [0.25, 0.3) is 0 Å². The topological polar surface area (TPSA) is 12.0 Å². The largest absolute Gasteiger partial charge is 0.311 e. The van der Waals surface area contributed by atoms with E-state index < -0.39 is 0 Å². The van der Waals surface area contributed by atoms with Gasteiger partial charge in [0.25, 0.3) is 0 Å². The first kappa shape index (κ1) is 9.51. The molecule has 0 aromatic rings. The van der Waals surface area contributed by atoms with E-state index in [1.165, 1.54) is 38.5 Å². The summed E-state index contributed by atoms with van der Waals surface area (Å²) in [7, 11) is 0. The van der Waals surface area contributed by atoms with Gasteiger partial charge in [-0.25, -0.2) is 0 Å². The van der Waals surface area contributed by atoms with Crippen molar-refractivity contribution in [1.29, 1.82) is 0 Å². The van der Waals surface area contributed by atoms with Crippen molar-refractivity contribution in [2.24, 2.45) is 11.8 Å². The van der Waals surface area contributed by atoms with Gasteiger partial charge in [0.15, 0.2) is 0 Å². The van der Waals surface area contributed by atoms with Gasteiger partial charge >= 0.3 is 0 Å². The SMILES string of the molecule is CC1CCCCC(C)C1NC1CC1. The molecule has 0 aliphatic heterocycles. The molecular weight excluding hydrogens is 158 g/mol. The maximum atomic E-state index is 3.83. The molecule has 13 heavy (non-hydrogen) atoms. The van der Waals surface area contributed by atoms with Crippen LogP contribution in [-0.2, 0) is 0 Å². The summed E-state index contributed by atoms with van der Waals surface area (Å²) in [6.07, 6.45) is 8.64. The van der Waals surface area contributed by atoms with Crippen LogP contribution in [-0.4, -0.2) is 12.1 Å². The van der Waals surface area contributed by atoms with E-state index in [4.69, 9.17) is 0 Å². The maximum Gasteiger partial charge on any atom is 0.0121 e. The Hall–Kier alpha value is -0.0400. The molecule has 0 bridgehead atoms. The molecular formula is C12H23N. The van der Waals surface area contributed by atoms with Crippen LogP contribution in [0, 0.1) is 11.8 Å². The molecule has 2 aliphatic rings. The molecule has 2 unspecified atom stereocenters. The Kier molecular flexibility index (Phi) is 2.92. The zero-order chi connectivity index (χ0) is 9.26. The van der Waals surface area contributed by atoms with Crippen LogP contribution < -0.4 is 5.32 Å². The lowest BCUT2D eigenvalue weighted by Crippen LogP contribution is -2.40. The summed E-state index contributed by atoms with van der Waals surface area (Å²) in [5.41, 5.74) is 0. The van der Waals surface area contributed by atoms with Gasteiger partial charge in [0.2, 0.25) is 0 Å². The van der Waals surface area contributed by atoms with Crippen LogP contribution in [0.2, 0.25) is 0 Å². The molecule has 0 saturated heterocycles. The third kappa shape index (κ3) is 2.46. The van der Waals surface area contributed by atoms with E-state index in [0.717, 1.165) is 23.9 Å². The van der Waals surface area contributed by atoms with Crippen LogP contribution >= 0.6 is 0 Å². The Morgan fingerprint density at radius 3 is 1.85 bits per heavy atom. The standard InChI is InChI=1S/C12H23N/c1-9-5-3-4-6-10(2)12(9)13-11-7-8-11/h9-13H,3-8H2,1-2H3. The zero-order valence-electron chi connectivity index (χ0n) is 9.05. The molecule has 2 atom stereocenters. The van der Waals surface area contributed by atoms with Crippen molar-refractivity contribution in [2.75, 3.05) is 0 Å². The first-order valence-corrected chi connectivity index (χ1v) is 6.03. The van der Waals surface area contributed by atoms with Crippen molar-refractivity contribution in [3.63, 3.8) is 0 Å². The fraction of sp³-hybridized carbons (Fsp3) is 1.00. The van der Waals surface area contributed by atoms with Crippen LogP contribution in [0.3, 0.4) is 0 Å². The van der Waals surface area contributed by atoms with Crippen LogP contribution in [0.15, 0.2) is 0 Å². The van der Waals surface area contributed by atoms with Crippen LogP contribution in [0.4, 0.5) is 0 Å². The predicted octanol–water partition coefficient (Wildman–Crippen LogP) is 2.95. The molecule has 0 spiro atoms. The highest BCUT2D eigenvalue weighted by molar-refractivity contribution is 4.90. The first-order valence-electron chi connectivity index (χ1n) is 6.03. The highest BCUT2D eigenvalue weighted by atomic mass is 15.0. The summed E-state index contributed by atoms with van der Waals surface area (Å²) >= 11 is 0. The third-order valence-corrected chi connectivity index (χ3v) is 3.80. The minimum Gasteiger partial charge on any atom is -0.311 e. The average Bonchev–Trinajstić information content (AvgIpc) is 2.90. The smallest absolute Gasteiger partial charge is 0.0121 e. The van der Waals surface area contributed by atoms with E-state index in [-0.39, 0.29) is 0 Å². The van der Waals surface area contributed by atoms with Crippen molar-refractivity contribution in [2.45, 2.75) is 64.5 Å². The molecule has 0 aromatic carbocycles. The third-order valence-electron chi connectivity index (χ3n) is 3.80. The molecule has 1 nitrogen and oxygen atoms in total. The predicted molar refractivity (Wildman–Crippen MR) is 56.7 cm³/mol. The van der Waals surface area contributed by atoms with Gasteiger partial charge in [-0.3, -0.25) is 0 Å². The summed E-state index contributed by atoms with van der Waals surface area (Å²) in [6, 6.07) is 1.70. The van der Waals surface area contributed by atoms with E-state index in [1.807, 2.05) is 0 Å². The van der Waals surface area contributed by atoms with Crippen LogP contribution in [0.1, 0.15) is 52.4 Å². The van der Waals surface area contributed by atoms with E-state index in [1.54, 1.807) is 0 Å². The minimum atomic E-state index is 0.815. The number of nitrogens with one attached hydrogen (secondary N) is 1. The van der Waals surface area contributed by atoms with E-state index in [0.29, 0.717) is 0 Å². The van der Waals surface area contributed by atoms with Crippen molar-refractivity contribution in [3.05, 3.63) is 0 Å².